The fourth-order valence-corrected chi connectivity index (χ4v) is 3.27. The lowest BCUT2D eigenvalue weighted by Gasteiger charge is -2.17. The average molecular weight is 305 g/mol. The Morgan fingerprint density at radius 1 is 0.957 bits per heavy atom. The molecule has 1 fully saturated rings. The second-order valence-electron chi connectivity index (χ2n) is 5.96. The predicted octanol–water partition coefficient (Wildman–Crippen LogP) is 3.42. The molecule has 1 aliphatic rings. The Bertz CT molecular complexity index is 815. The molecule has 0 unspecified atom stereocenters. The summed E-state index contributed by atoms with van der Waals surface area (Å²) >= 11 is 0. The largest absolute Gasteiger partial charge is 0.375 e. The van der Waals surface area contributed by atoms with Crippen LogP contribution in [0, 0.1) is 0 Å². The zero-order chi connectivity index (χ0) is 15.6. The van der Waals surface area contributed by atoms with Crippen molar-refractivity contribution in [2.75, 3.05) is 25.0 Å². The van der Waals surface area contributed by atoms with Gasteiger partial charge in [-0.25, -0.2) is 4.98 Å². The summed E-state index contributed by atoms with van der Waals surface area (Å²) in [6, 6.07) is 16.1. The molecule has 4 rings (SSSR count). The Labute approximate surface area is 135 Å². The van der Waals surface area contributed by atoms with E-state index in [4.69, 9.17) is 4.98 Å². The number of para-hydroxylation sites is 2. The molecule has 0 aliphatic carbocycles. The van der Waals surface area contributed by atoms with Gasteiger partial charge in [-0.3, -0.25) is 4.79 Å². The van der Waals surface area contributed by atoms with E-state index in [1.807, 2.05) is 41.3 Å². The van der Waals surface area contributed by atoms with Crippen LogP contribution >= 0.6 is 0 Å². The Morgan fingerprint density at radius 2 is 1.52 bits per heavy atom. The minimum atomic E-state index is 0.174. The molecule has 4 heteroatoms. The van der Waals surface area contributed by atoms with Gasteiger partial charge in [-0.2, -0.15) is 0 Å². The van der Waals surface area contributed by atoms with Gasteiger partial charge in [0.1, 0.15) is 0 Å². The average Bonchev–Trinajstić information content (AvgIpc) is 3.13. The quantitative estimate of drug-likeness (QED) is 0.754. The Morgan fingerprint density at radius 3 is 2.13 bits per heavy atom. The van der Waals surface area contributed by atoms with E-state index < -0.39 is 0 Å². The van der Waals surface area contributed by atoms with Crippen molar-refractivity contribution in [3.05, 3.63) is 48.5 Å². The van der Waals surface area contributed by atoms with Crippen molar-refractivity contribution in [3.63, 3.8) is 0 Å². The Kier molecular flexibility index (Phi) is 3.58. The van der Waals surface area contributed by atoms with Crippen molar-refractivity contribution in [2.45, 2.75) is 12.8 Å². The normalized spacial score (nSPS) is 14.5. The van der Waals surface area contributed by atoms with E-state index in [0.717, 1.165) is 53.4 Å². The van der Waals surface area contributed by atoms with Crippen LogP contribution in [0.4, 0.5) is 5.69 Å². The van der Waals surface area contributed by atoms with Gasteiger partial charge < -0.3 is 10.2 Å². The maximum atomic E-state index is 12.3. The zero-order valence-electron chi connectivity index (χ0n) is 13.0. The molecule has 0 spiro atoms. The lowest BCUT2D eigenvalue weighted by molar-refractivity contribution is -0.128. The van der Waals surface area contributed by atoms with Gasteiger partial charge in [-0.05, 0) is 25.0 Å². The first-order valence-electron chi connectivity index (χ1n) is 8.12. The number of carbonyl (C=O) groups excluding carboxylic acids is 1. The number of carbonyl (C=O) groups is 1. The van der Waals surface area contributed by atoms with Gasteiger partial charge in [0.25, 0.3) is 0 Å². The van der Waals surface area contributed by atoms with Crippen LogP contribution in [0.5, 0.6) is 0 Å². The van der Waals surface area contributed by atoms with Crippen molar-refractivity contribution >= 4 is 33.4 Å². The van der Waals surface area contributed by atoms with Crippen LogP contribution in [0.25, 0.3) is 21.8 Å². The number of hydrogen-bond acceptors (Lipinski definition) is 3. The number of pyridine rings is 1. The summed E-state index contributed by atoms with van der Waals surface area (Å²) in [5.41, 5.74) is 2.89. The van der Waals surface area contributed by atoms with Gasteiger partial charge >= 0.3 is 0 Å². The summed E-state index contributed by atoms with van der Waals surface area (Å²) in [5, 5.41) is 5.49. The standard InChI is InChI=1S/C19H19N3O/c23-18(22-11-5-6-12-22)13-20-19-14-7-1-3-9-16(14)21-17-10-4-2-8-15(17)19/h1-4,7-10H,5-6,11-13H2,(H,20,21). The van der Waals surface area contributed by atoms with Crippen LogP contribution in [0.2, 0.25) is 0 Å². The number of anilines is 1. The first-order valence-corrected chi connectivity index (χ1v) is 8.12. The number of hydrogen-bond donors (Lipinski definition) is 1. The molecule has 0 radical (unpaired) electrons. The second-order valence-corrected chi connectivity index (χ2v) is 5.96. The highest BCUT2D eigenvalue weighted by atomic mass is 16.2. The number of amides is 1. The lowest BCUT2D eigenvalue weighted by atomic mass is 10.1. The van der Waals surface area contributed by atoms with Gasteiger partial charge in [0.2, 0.25) is 5.91 Å². The summed E-state index contributed by atoms with van der Waals surface area (Å²) in [6.07, 6.45) is 2.24. The summed E-state index contributed by atoms with van der Waals surface area (Å²) in [7, 11) is 0. The highest BCUT2D eigenvalue weighted by Gasteiger charge is 2.18. The fraction of sp³-hybridized carbons (Fsp3) is 0.263. The molecule has 1 aromatic heterocycles. The van der Waals surface area contributed by atoms with Crippen LogP contribution in [-0.2, 0) is 4.79 Å². The summed E-state index contributed by atoms with van der Waals surface area (Å²) in [4.78, 5) is 19.0. The number of likely N-dealkylation sites (tertiary alicyclic amines) is 1. The van der Waals surface area contributed by atoms with Crippen molar-refractivity contribution in [2.24, 2.45) is 0 Å². The molecule has 1 N–H and O–H groups in total. The maximum Gasteiger partial charge on any atom is 0.241 e. The van der Waals surface area contributed by atoms with E-state index >= 15 is 0 Å². The molecule has 116 valence electrons. The van der Waals surface area contributed by atoms with Gasteiger partial charge in [0.15, 0.2) is 0 Å². The van der Waals surface area contributed by atoms with Crippen molar-refractivity contribution in [1.82, 2.24) is 9.88 Å². The zero-order valence-corrected chi connectivity index (χ0v) is 13.0. The predicted molar refractivity (Wildman–Crippen MR) is 93.6 cm³/mol. The van der Waals surface area contributed by atoms with Crippen LogP contribution < -0.4 is 5.32 Å². The second kappa shape index (κ2) is 5.88. The monoisotopic (exact) mass is 305 g/mol. The Hall–Kier alpha value is -2.62. The molecule has 23 heavy (non-hydrogen) atoms. The highest BCUT2D eigenvalue weighted by molar-refractivity contribution is 6.08. The smallest absolute Gasteiger partial charge is 0.241 e. The van der Waals surface area contributed by atoms with Gasteiger partial charge in [0, 0.05) is 23.9 Å². The Balaban J connectivity index is 1.72. The molecule has 0 bridgehead atoms. The molecule has 0 saturated carbocycles. The topological polar surface area (TPSA) is 45.2 Å². The van der Waals surface area contributed by atoms with Gasteiger partial charge in [-0.15, -0.1) is 0 Å². The summed E-state index contributed by atoms with van der Waals surface area (Å²) in [5.74, 6) is 0.174. The highest BCUT2D eigenvalue weighted by Crippen LogP contribution is 2.30. The minimum Gasteiger partial charge on any atom is -0.375 e. The van der Waals surface area contributed by atoms with Crippen LogP contribution in [-0.4, -0.2) is 35.4 Å². The molecule has 4 nitrogen and oxygen atoms in total. The van der Waals surface area contributed by atoms with E-state index in [-0.39, 0.29) is 5.91 Å². The maximum absolute atomic E-state index is 12.3. The van der Waals surface area contributed by atoms with Gasteiger partial charge in [0.05, 0.1) is 23.3 Å². The molecule has 1 amide bonds. The third-order valence-corrected chi connectivity index (χ3v) is 4.46. The van der Waals surface area contributed by atoms with Crippen molar-refractivity contribution < 1.29 is 4.79 Å². The van der Waals surface area contributed by atoms with Crippen molar-refractivity contribution in [1.29, 1.82) is 0 Å². The molecule has 0 atom stereocenters. The van der Waals surface area contributed by atoms with E-state index in [1.165, 1.54) is 0 Å². The molecule has 3 aromatic rings. The van der Waals surface area contributed by atoms with E-state index in [0.29, 0.717) is 6.54 Å². The van der Waals surface area contributed by atoms with Crippen molar-refractivity contribution in [3.8, 4) is 0 Å². The molecular weight excluding hydrogens is 286 g/mol. The van der Waals surface area contributed by atoms with E-state index in [1.54, 1.807) is 0 Å². The molecule has 2 aromatic carbocycles. The minimum absolute atomic E-state index is 0.174. The van der Waals surface area contributed by atoms with E-state index in [9.17, 15) is 4.79 Å². The molecule has 1 saturated heterocycles. The summed E-state index contributed by atoms with van der Waals surface area (Å²) in [6.45, 7) is 2.11. The number of aromatic nitrogens is 1. The number of fused-ring (bicyclic) bond motifs is 2. The first kappa shape index (κ1) is 14.0. The van der Waals surface area contributed by atoms with Crippen LogP contribution in [0.15, 0.2) is 48.5 Å². The third kappa shape index (κ3) is 2.61. The molecule has 1 aliphatic heterocycles. The number of rotatable bonds is 3. The van der Waals surface area contributed by atoms with E-state index in [2.05, 4.69) is 17.4 Å². The summed E-state index contributed by atoms with van der Waals surface area (Å²) < 4.78 is 0. The SMILES string of the molecule is O=C(CNc1c2ccccc2nc2ccccc12)N1CCCC1. The number of benzene rings is 2. The van der Waals surface area contributed by atoms with Crippen LogP contribution in [0.1, 0.15) is 12.8 Å². The fourth-order valence-electron chi connectivity index (χ4n) is 3.27. The van der Waals surface area contributed by atoms with Crippen LogP contribution in [0.3, 0.4) is 0 Å². The van der Waals surface area contributed by atoms with Gasteiger partial charge in [-0.1, -0.05) is 36.4 Å². The number of nitrogens with zero attached hydrogens (tertiary/aromatic N) is 2. The first-order chi connectivity index (χ1) is 11.3. The molecular formula is C19H19N3O. The lowest BCUT2D eigenvalue weighted by Crippen LogP contribution is -2.33. The molecule has 2 heterocycles. The number of nitrogens with one attached hydrogen (secondary N) is 1. The third-order valence-electron chi connectivity index (χ3n) is 4.46.